The van der Waals surface area contributed by atoms with Crippen LogP contribution in [0.4, 0.5) is 0 Å². The molecule has 2 aliphatic rings. The van der Waals surface area contributed by atoms with E-state index in [0.717, 1.165) is 18.4 Å². The maximum absolute atomic E-state index is 12.8. The lowest BCUT2D eigenvalue weighted by Gasteiger charge is -2.45. The Morgan fingerprint density at radius 2 is 1.95 bits per heavy atom. The number of fused-ring (bicyclic) bond motifs is 2. The third-order valence-corrected chi connectivity index (χ3v) is 5.10. The van der Waals surface area contributed by atoms with Gasteiger partial charge in [0, 0.05) is 11.5 Å². The van der Waals surface area contributed by atoms with Gasteiger partial charge >= 0.3 is 5.97 Å². The molecular weight excluding hydrogens is 264 g/mol. The topological polar surface area (TPSA) is 43.4 Å². The monoisotopic (exact) mass is 284 g/mol. The average molecular weight is 284 g/mol. The zero-order chi connectivity index (χ0) is 15.2. The number of carbonyl (C=O) groups is 2. The first-order chi connectivity index (χ1) is 9.96. The highest BCUT2D eigenvalue weighted by Gasteiger charge is 2.46. The summed E-state index contributed by atoms with van der Waals surface area (Å²) in [4.78, 5) is 24.5. The Morgan fingerprint density at radius 3 is 2.67 bits per heavy atom. The van der Waals surface area contributed by atoms with Crippen LogP contribution in [0, 0.1) is 11.8 Å². The number of ether oxygens (including phenoxy) is 1. The van der Waals surface area contributed by atoms with Gasteiger partial charge in [-0.3, -0.25) is 4.79 Å². The van der Waals surface area contributed by atoms with Crippen LogP contribution in [0.2, 0.25) is 0 Å². The van der Waals surface area contributed by atoms with E-state index >= 15 is 0 Å². The molecule has 0 bridgehead atoms. The minimum atomic E-state index is -0.394. The predicted molar refractivity (Wildman–Crippen MR) is 80.5 cm³/mol. The fourth-order valence-corrected chi connectivity index (χ4v) is 3.86. The molecule has 3 rings (SSSR count). The Balaban J connectivity index is 2.14. The summed E-state index contributed by atoms with van der Waals surface area (Å²) in [6.07, 6.45) is 6.03. The molecule has 0 radical (unpaired) electrons. The van der Waals surface area contributed by atoms with E-state index in [2.05, 4.69) is 26.0 Å². The maximum atomic E-state index is 12.8. The Hall–Kier alpha value is -1.90. The third-order valence-electron chi connectivity index (χ3n) is 5.10. The normalized spacial score (nSPS) is 26.0. The zero-order valence-corrected chi connectivity index (χ0v) is 12.7. The molecule has 0 saturated carbocycles. The molecule has 1 aromatic carbocycles. The second-order valence-electron chi connectivity index (χ2n) is 6.49. The average Bonchev–Trinajstić information content (AvgIpc) is 2.51. The van der Waals surface area contributed by atoms with E-state index in [1.54, 1.807) is 12.1 Å². The molecule has 0 spiro atoms. The number of hydrogen-bond donors (Lipinski definition) is 0. The van der Waals surface area contributed by atoms with Gasteiger partial charge in [-0.05, 0) is 41.9 Å². The van der Waals surface area contributed by atoms with Gasteiger partial charge in [0.2, 0.25) is 0 Å². The van der Waals surface area contributed by atoms with E-state index in [1.165, 1.54) is 7.11 Å². The number of allylic oxidation sites excluding steroid dienone is 2. The van der Waals surface area contributed by atoms with Crippen molar-refractivity contribution in [1.82, 2.24) is 0 Å². The van der Waals surface area contributed by atoms with Crippen LogP contribution < -0.4 is 0 Å². The summed E-state index contributed by atoms with van der Waals surface area (Å²) in [5.74, 6) is 0.148. The molecule has 2 aliphatic carbocycles. The van der Waals surface area contributed by atoms with Crippen LogP contribution in [0.3, 0.4) is 0 Å². The highest BCUT2D eigenvalue weighted by molar-refractivity contribution is 6.03. The van der Waals surface area contributed by atoms with Crippen molar-refractivity contribution in [2.24, 2.45) is 11.8 Å². The molecule has 2 atom stereocenters. The summed E-state index contributed by atoms with van der Waals surface area (Å²) >= 11 is 0. The van der Waals surface area contributed by atoms with Crippen LogP contribution in [-0.2, 0) is 10.2 Å². The minimum absolute atomic E-state index is 0.0328. The lowest BCUT2D eigenvalue weighted by molar-refractivity contribution is 0.0600. The van der Waals surface area contributed by atoms with Crippen LogP contribution >= 0.6 is 0 Å². The first kappa shape index (κ1) is 14.1. The number of methoxy groups -OCH3 is 1. The molecule has 21 heavy (non-hydrogen) atoms. The molecule has 0 saturated heterocycles. The highest BCUT2D eigenvalue weighted by atomic mass is 16.5. The van der Waals surface area contributed by atoms with Gasteiger partial charge in [0.1, 0.15) is 0 Å². The molecule has 0 aromatic heterocycles. The smallest absolute Gasteiger partial charge is 0.337 e. The van der Waals surface area contributed by atoms with Crippen molar-refractivity contribution in [3.63, 3.8) is 0 Å². The molecule has 3 heteroatoms. The number of ketones is 1. The number of carbonyl (C=O) groups excluding carboxylic acids is 2. The van der Waals surface area contributed by atoms with Gasteiger partial charge in [-0.1, -0.05) is 32.1 Å². The van der Waals surface area contributed by atoms with Crippen molar-refractivity contribution in [3.8, 4) is 0 Å². The molecule has 0 aliphatic heterocycles. The highest BCUT2D eigenvalue weighted by Crippen LogP contribution is 2.48. The van der Waals surface area contributed by atoms with Gasteiger partial charge in [-0.15, -0.1) is 0 Å². The van der Waals surface area contributed by atoms with Crippen LogP contribution in [0.15, 0.2) is 30.4 Å². The third kappa shape index (κ3) is 2.03. The van der Waals surface area contributed by atoms with Crippen molar-refractivity contribution in [2.75, 3.05) is 7.11 Å². The SMILES string of the molecule is COC(=O)c1ccc2c(c1)C(=O)C1CC=CCC1C2(C)C. The van der Waals surface area contributed by atoms with Crippen LogP contribution in [0.25, 0.3) is 0 Å². The number of benzene rings is 1. The van der Waals surface area contributed by atoms with Gasteiger partial charge in [0.05, 0.1) is 12.7 Å². The van der Waals surface area contributed by atoms with Crippen molar-refractivity contribution in [3.05, 3.63) is 47.0 Å². The van der Waals surface area contributed by atoms with E-state index < -0.39 is 5.97 Å². The van der Waals surface area contributed by atoms with Crippen LogP contribution in [0.5, 0.6) is 0 Å². The molecule has 3 nitrogen and oxygen atoms in total. The lowest BCUT2D eigenvalue weighted by atomic mass is 9.57. The largest absolute Gasteiger partial charge is 0.465 e. The fourth-order valence-electron chi connectivity index (χ4n) is 3.86. The second-order valence-corrected chi connectivity index (χ2v) is 6.49. The van der Waals surface area contributed by atoms with Gasteiger partial charge in [-0.25, -0.2) is 4.79 Å². The van der Waals surface area contributed by atoms with Gasteiger partial charge in [0.25, 0.3) is 0 Å². The van der Waals surface area contributed by atoms with Crippen molar-refractivity contribution in [1.29, 1.82) is 0 Å². The Bertz CT molecular complexity index is 640. The first-order valence-electron chi connectivity index (χ1n) is 7.39. The Labute approximate surface area is 125 Å². The summed E-state index contributed by atoms with van der Waals surface area (Å²) in [6, 6.07) is 5.40. The van der Waals surface area contributed by atoms with Crippen molar-refractivity contribution >= 4 is 11.8 Å². The summed E-state index contributed by atoms with van der Waals surface area (Å²) < 4.78 is 4.76. The predicted octanol–water partition coefficient (Wildman–Crippen LogP) is 3.53. The molecular formula is C18H20O3. The zero-order valence-electron chi connectivity index (χ0n) is 12.7. The van der Waals surface area contributed by atoms with E-state index in [4.69, 9.17) is 4.74 Å². The minimum Gasteiger partial charge on any atom is -0.465 e. The molecule has 0 N–H and O–H groups in total. The Kier molecular flexibility index (Phi) is 3.23. The van der Waals surface area contributed by atoms with Crippen LogP contribution in [-0.4, -0.2) is 18.9 Å². The first-order valence-corrected chi connectivity index (χ1v) is 7.39. The Morgan fingerprint density at radius 1 is 1.24 bits per heavy atom. The second kappa shape index (κ2) is 4.83. The van der Waals surface area contributed by atoms with E-state index in [9.17, 15) is 9.59 Å². The fraction of sp³-hybridized carbons (Fsp3) is 0.444. The molecule has 2 unspecified atom stereocenters. The summed E-state index contributed by atoms with van der Waals surface area (Å²) in [5.41, 5.74) is 2.13. The van der Waals surface area contributed by atoms with Gasteiger partial charge < -0.3 is 4.74 Å². The van der Waals surface area contributed by atoms with E-state index in [-0.39, 0.29) is 17.1 Å². The number of Topliss-reactive ketones (excluding diaryl/α,β-unsaturated/α-hetero) is 1. The standard InChI is InChI=1S/C18H20O3/c1-18(2)14-7-5-4-6-12(14)16(19)13-10-11(17(20)21-3)8-9-15(13)18/h4-5,8-10,12,14H,6-7H2,1-3H3. The summed E-state index contributed by atoms with van der Waals surface area (Å²) in [7, 11) is 1.36. The van der Waals surface area contributed by atoms with E-state index in [0.29, 0.717) is 17.0 Å². The van der Waals surface area contributed by atoms with Crippen molar-refractivity contribution < 1.29 is 14.3 Å². The van der Waals surface area contributed by atoms with Gasteiger partial charge in [0.15, 0.2) is 5.78 Å². The van der Waals surface area contributed by atoms with Gasteiger partial charge in [-0.2, -0.15) is 0 Å². The molecule has 0 amide bonds. The van der Waals surface area contributed by atoms with Crippen LogP contribution in [0.1, 0.15) is 53.0 Å². The molecule has 0 fully saturated rings. The quantitative estimate of drug-likeness (QED) is 0.585. The number of rotatable bonds is 1. The van der Waals surface area contributed by atoms with Crippen molar-refractivity contribution in [2.45, 2.75) is 32.1 Å². The number of hydrogen-bond acceptors (Lipinski definition) is 3. The molecule has 1 aromatic rings. The molecule has 110 valence electrons. The number of esters is 1. The summed E-state index contributed by atoms with van der Waals surface area (Å²) in [5, 5.41) is 0. The lowest BCUT2D eigenvalue weighted by Crippen LogP contribution is -2.44. The maximum Gasteiger partial charge on any atom is 0.337 e. The summed E-state index contributed by atoms with van der Waals surface area (Å²) in [6.45, 7) is 4.40. The molecule has 0 heterocycles. The van der Waals surface area contributed by atoms with E-state index in [1.807, 2.05) is 6.07 Å².